The van der Waals surface area contributed by atoms with Gasteiger partial charge in [-0.15, -0.1) is 0 Å². The standard InChI is InChI=1S/C21H27O3P.Li/c1-13-11-15(21(3,4)5)12-14(2)19(13)25-20(22)18-16(23-6)9-8-10-17(18)24-7;/h8-12,25H,1-7H3;. The van der Waals surface area contributed by atoms with Gasteiger partial charge in [-0.3, -0.25) is 4.79 Å². The van der Waals surface area contributed by atoms with E-state index in [1.165, 1.54) is 5.56 Å². The Morgan fingerprint density at radius 2 is 1.42 bits per heavy atom. The molecule has 1 unspecified atom stereocenters. The van der Waals surface area contributed by atoms with E-state index in [9.17, 15) is 4.79 Å². The molecule has 3 nitrogen and oxygen atoms in total. The topological polar surface area (TPSA) is 35.5 Å². The van der Waals surface area contributed by atoms with Crippen LogP contribution in [0.3, 0.4) is 0 Å². The van der Waals surface area contributed by atoms with Crippen LogP contribution in [0.4, 0.5) is 0 Å². The molecule has 26 heavy (non-hydrogen) atoms. The molecule has 0 aromatic heterocycles. The number of ether oxygens (including phenoxy) is 2. The summed E-state index contributed by atoms with van der Waals surface area (Å²) in [4.78, 5) is 13.0. The molecule has 0 saturated carbocycles. The zero-order chi connectivity index (χ0) is 18.8. The van der Waals surface area contributed by atoms with Gasteiger partial charge in [0.15, 0.2) is 5.52 Å². The van der Waals surface area contributed by atoms with Crippen LogP contribution < -0.4 is 14.8 Å². The van der Waals surface area contributed by atoms with E-state index in [0.29, 0.717) is 17.1 Å². The molecule has 0 aliphatic heterocycles. The van der Waals surface area contributed by atoms with Crippen LogP contribution in [-0.2, 0) is 5.41 Å². The maximum Gasteiger partial charge on any atom is 0.193 e. The quantitative estimate of drug-likeness (QED) is 0.583. The molecular weight excluding hydrogens is 338 g/mol. The van der Waals surface area contributed by atoms with Crippen LogP contribution in [0.15, 0.2) is 30.3 Å². The molecule has 1 radical (unpaired) electrons. The Morgan fingerprint density at radius 1 is 0.962 bits per heavy atom. The van der Waals surface area contributed by atoms with Crippen LogP contribution in [0.1, 0.15) is 47.8 Å². The van der Waals surface area contributed by atoms with Crippen LogP contribution in [0, 0.1) is 13.8 Å². The average Bonchev–Trinajstić information content (AvgIpc) is 2.55. The molecule has 2 aromatic carbocycles. The SMILES string of the molecule is COc1cccc(OC)c1C(=O)Pc1c(C)cc(C(C)(C)C)cc1C.[Li]. The number of aryl methyl sites for hydroxylation is 2. The second-order valence-corrected chi connectivity index (χ2v) is 8.43. The second kappa shape index (κ2) is 9.09. The predicted octanol–water partition coefficient (Wildman–Crippen LogP) is 4.38. The monoisotopic (exact) mass is 365 g/mol. The van der Waals surface area contributed by atoms with Crippen molar-refractivity contribution in [1.29, 1.82) is 0 Å². The molecule has 0 fully saturated rings. The molecule has 0 saturated heterocycles. The van der Waals surface area contributed by atoms with E-state index in [0.717, 1.165) is 16.4 Å². The van der Waals surface area contributed by atoms with Crippen molar-refractivity contribution in [2.45, 2.75) is 40.0 Å². The number of carbonyl (C=O) groups excluding carboxylic acids is 1. The smallest absolute Gasteiger partial charge is 0.193 e. The predicted molar refractivity (Wildman–Crippen MR) is 112 cm³/mol. The normalized spacial score (nSPS) is 11.3. The first-order valence-corrected chi connectivity index (χ1v) is 9.33. The van der Waals surface area contributed by atoms with Gasteiger partial charge in [0.05, 0.1) is 14.2 Å². The van der Waals surface area contributed by atoms with Gasteiger partial charge in [0.2, 0.25) is 0 Å². The third kappa shape index (κ3) is 4.92. The molecule has 0 amide bonds. The summed E-state index contributed by atoms with van der Waals surface area (Å²) in [6.45, 7) is 10.8. The van der Waals surface area contributed by atoms with Gasteiger partial charge in [-0.05, 0) is 62.0 Å². The van der Waals surface area contributed by atoms with E-state index in [-0.39, 0.29) is 38.4 Å². The Bertz CT molecular complexity index is 749. The molecule has 2 rings (SSSR count). The van der Waals surface area contributed by atoms with E-state index in [2.05, 4.69) is 46.8 Å². The second-order valence-electron chi connectivity index (χ2n) is 7.23. The minimum Gasteiger partial charge on any atom is -0.496 e. The van der Waals surface area contributed by atoms with Crippen molar-refractivity contribution in [3.05, 3.63) is 52.6 Å². The first-order valence-electron chi connectivity index (χ1n) is 8.33. The van der Waals surface area contributed by atoms with Crippen LogP contribution >= 0.6 is 8.58 Å². The summed E-state index contributed by atoms with van der Waals surface area (Å²) >= 11 is 0. The van der Waals surface area contributed by atoms with Crippen LogP contribution in [0.5, 0.6) is 11.5 Å². The van der Waals surface area contributed by atoms with Gasteiger partial charge >= 0.3 is 0 Å². The third-order valence-electron chi connectivity index (χ3n) is 4.29. The third-order valence-corrected chi connectivity index (χ3v) is 5.81. The van der Waals surface area contributed by atoms with E-state index < -0.39 is 0 Å². The Kier molecular flexibility index (Phi) is 7.97. The summed E-state index contributed by atoms with van der Waals surface area (Å²) < 4.78 is 10.7. The molecule has 0 N–H and O–H groups in total. The maximum atomic E-state index is 13.0. The maximum absolute atomic E-state index is 13.0. The van der Waals surface area contributed by atoms with Gasteiger partial charge in [0, 0.05) is 18.9 Å². The molecule has 0 heterocycles. The van der Waals surface area contributed by atoms with Crippen LogP contribution in [0.25, 0.3) is 0 Å². The molecule has 0 bridgehead atoms. The van der Waals surface area contributed by atoms with Gasteiger partial charge in [-0.25, -0.2) is 0 Å². The first-order chi connectivity index (χ1) is 11.7. The van der Waals surface area contributed by atoms with Crippen LogP contribution in [-0.4, -0.2) is 38.6 Å². The number of rotatable bonds is 5. The zero-order valence-electron chi connectivity index (χ0n) is 17.1. The molecule has 0 spiro atoms. The number of hydrogen-bond acceptors (Lipinski definition) is 3. The van der Waals surface area contributed by atoms with E-state index in [4.69, 9.17) is 9.47 Å². The molecule has 1 atom stereocenters. The summed E-state index contributed by atoms with van der Waals surface area (Å²) in [7, 11) is 3.18. The molecule has 5 heteroatoms. The van der Waals surface area contributed by atoms with Gasteiger partial charge in [-0.2, -0.15) is 0 Å². The minimum atomic E-state index is 0. The molecule has 135 valence electrons. The molecular formula is C21H27LiO3P. The van der Waals surface area contributed by atoms with E-state index in [1.807, 2.05) is 6.07 Å². The fourth-order valence-corrected chi connectivity index (χ4v) is 3.98. The van der Waals surface area contributed by atoms with Crippen molar-refractivity contribution in [1.82, 2.24) is 0 Å². The Labute approximate surface area is 170 Å². The Balaban J connectivity index is 0.00000338. The zero-order valence-corrected chi connectivity index (χ0v) is 18.1. The van der Waals surface area contributed by atoms with Crippen molar-refractivity contribution in [3.63, 3.8) is 0 Å². The largest absolute Gasteiger partial charge is 0.496 e. The van der Waals surface area contributed by atoms with Crippen molar-refractivity contribution >= 4 is 38.3 Å². The van der Waals surface area contributed by atoms with Gasteiger partial charge < -0.3 is 9.47 Å². The fraction of sp³-hybridized carbons (Fsp3) is 0.381. The van der Waals surface area contributed by atoms with Gasteiger partial charge in [0.1, 0.15) is 17.1 Å². The van der Waals surface area contributed by atoms with Gasteiger partial charge in [-0.1, -0.05) is 39.0 Å². The summed E-state index contributed by atoms with van der Waals surface area (Å²) in [6, 6.07) is 9.81. The Hall–Kier alpha value is -1.26. The van der Waals surface area contributed by atoms with Crippen molar-refractivity contribution in [2.75, 3.05) is 14.2 Å². The summed E-state index contributed by atoms with van der Waals surface area (Å²) in [6.07, 6.45) is 0. The molecule has 0 aliphatic carbocycles. The minimum absolute atomic E-state index is 0. The van der Waals surface area contributed by atoms with Crippen molar-refractivity contribution in [3.8, 4) is 11.5 Å². The summed E-state index contributed by atoms with van der Waals surface area (Å²) in [5.74, 6) is 1.11. The number of hydrogen-bond donors (Lipinski definition) is 0. The Morgan fingerprint density at radius 3 is 1.81 bits per heavy atom. The van der Waals surface area contributed by atoms with Crippen LogP contribution in [0.2, 0.25) is 0 Å². The summed E-state index contributed by atoms with van der Waals surface area (Å²) in [5.41, 5.74) is 4.25. The van der Waals surface area contributed by atoms with E-state index >= 15 is 0 Å². The van der Waals surface area contributed by atoms with Crippen molar-refractivity contribution < 1.29 is 14.3 Å². The number of methoxy groups -OCH3 is 2. The average molecular weight is 365 g/mol. The molecule has 0 aliphatic rings. The molecule has 2 aromatic rings. The van der Waals surface area contributed by atoms with Gasteiger partial charge in [0.25, 0.3) is 0 Å². The fourth-order valence-electron chi connectivity index (χ4n) is 2.84. The number of benzene rings is 2. The number of carbonyl (C=O) groups is 1. The van der Waals surface area contributed by atoms with Crippen molar-refractivity contribution in [2.24, 2.45) is 0 Å². The summed E-state index contributed by atoms with van der Waals surface area (Å²) in [5, 5.41) is 1.10. The first kappa shape index (κ1) is 22.8. The van der Waals surface area contributed by atoms with E-state index in [1.54, 1.807) is 26.4 Å².